The molecule has 1 unspecified atom stereocenters. The molecule has 2 heterocycles. The Hall–Kier alpha value is -1.85. The molecule has 2 aromatic rings. The molecule has 0 radical (unpaired) electrons. The van der Waals surface area contributed by atoms with Crippen molar-refractivity contribution in [3.05, 3.63) is 47.4 Å². The van der Waals surface area contributed by atoms with Crippen molar-refractivity contribution >= 4 is 23.1 Å². The average molecular weight is 333 g/mol. The van der Waals surface area contributed by atoms with Gasteiger partial charge in [-0.2, -0.15) is 0 Å². The maximum atomic E-state index is 6.13. The van der Waals surface area contributed by atoms with Gasteiger partial charge in [0.05, 0.1) is 13.2 Å². The third-order valence-corrected chi connectivity index (χ3v) is 4.37. The van der Waals surface area contributed by atoms with Gasteiger partial charge in [-0.25, -0.2) is 9.97 Å². The Morgan fingerprint density at radius 2 is 2.13 bits per heavy atom. The van der Waals surface area contributed by atoms with Gasteiger partial charge >= 0.3 is 0 Å². The minimum Gasteiger partial charge on any atom is -0.383 e. The first-order chi connectivity index (χ1) is 11.3. The van der Waals surface area contributed by atoms with Crippen LogP contribution in [0.5, 0.6) is 0 Å². The maximum absolute atomic E-state index is 6.13. The predicted molar refractivity (Wildman–Crippen MR) is 93.0 cm³/mol. The molecule has 5 nitrogen and oxygen atoms in total. The van der Waals surface area contributed by atoms with Gasteiger partial charge in [0.15, 0.2) is 11.0 Å². The van der Waals surface area contributed by atoms with Crippen LogP contribution in [0.15, 0.2) is 36.7 Å². The van der Waals surface area contributed by atoms with Gasteiger partial charge in [0.2, 0.25) is 0 Å². The molecule has 1 atom stereocenters. The molecule has 0 bridgehead atoms. The molecule has 1 fully saturated rings. The second kappa shape index (κ2) is 7.62. The smallest absolute Gasteiger partial charge is 0.157 e. The minimum absolute atomic E-state index is 0.460. The number of nitrogens with zero attached hydrogens (tertiary/aromatic N) is 3. The summed E-state index contributed by atoms with van der Waals surface area (Å²) < 4.78 is 5.87. The van der Waals surface area contributed by atoms with Crippen LogP contribution >= 0.6 is 11.6 Å². The van der Waals surface area contributed by atoms with Crippen molar-refractivity contribution in [3.8, 4) is 0 Å². The highest BCUT2D eigenvalue weighted by Crippen LogP contribution is 2.32. The Morgan fingerprint density at radius 1 is 1.30 bits per heavy atom. The summed E-state index contributed by atoms with van der Waals surface area (Å²) in [5.74, 6) is 1.38. The van der Waals surface area contributed by atoms with E-state index in [1.165, 1.54) is 11.9 Å². The number of rotatable bonds is 6. The fourth-order valence-electron chi connectivity index (χ4n) is 2.89. The topological polar surface area (TPSA) is 50.3 Å². The molecule has 1 N–H and O–H groups in total. The molecule has 1 aromatic heterocycles. The van der Waals surface area contributed by atoms with E-state index in [1.54, 1.807) is 0 Å². The predicted octanol–water partition coefficient (Wildman–Crippen LogP) is 3.21. The zero-order valence-corrected chi connectivity index (χ0v) is 14.0. The first-order valence-electron chi connectivity index (χ1n) is 7.82. The van der Waals surface area contributed by atoms with Crippen molar-refractivity contribution in [2.24, 2.45) is 5.92 Å². The lowest BCUT2D eigenvalue weighted by Gasteiger charge is -2.20. The molecule has 122 valence electrons. The second-order valence-electron chi connectivity index (χ2n) is 5.71. The highest BCUT2D eigenvalue weighted by atomic mass is 35.5. The molecule has 3 rings (SSSR count). The zero-order chi connectivity index (χ0) is 16.1. The maximum Gasteiger partial charge on any atom is 0.157 e. The minimum atomic E-state index is 0.460. The average Bonchev–Trinajstić information content (AvgIpc) is 3.04. The lowest BCUT2D eigenvalue weighted by Crippen LogP contribution is -2.23. The van der Waals surface area contributed by atoms with E-state index in [4.69, 9.17) is 16.3 Å². The van der Waals surface area contributed by atoms with E-state index in [0.717, 1.165) is 37.6 Å². The second-order valence-corrected chi connectivity index (χ2v) is 6.07. The van der Waals surface area contributed by atoms with Crippen LogP contribution in [0.4, 0.5) is 11.5 Å². The first-order valence-corrected chi connectivity index (χ1v) is 8.20. The largest absolute Gasteiger partial charge is 0.383 e. The normalized spacial score (nSPS) is 17.5. The molecule has 0 spiro atoms. The van der Waals surface area contributed by atoms with Crippen LogP contribution in [0.3, 0.4) is 0 Å². The molecule has 1 aromatic carbocycles. The number of hydrogen-bond donors (Lipinski definition) is 1. The molecule has 1 saturated heterocycles. The Morgan fingerprint density at radius 3 is 2.91 bits per heavy atom. The number of benzene rings is 1. The van der Waals surface area contributed by atoms with Crippen LogP contribution < -0.4 is 10.2 Å². The Balaban J connectivity index is 1.54. The molecular formula is C17H21ClN4O. The highest BCUT2D eigenvalue weighted by Gasteiger charge is 2.26. The first kappa shape index (κ1) is 16.0. The number of hydrogen-bond acceptors (Lipinski definition) is 5. The summed E-state index contributed by atoms with van der Waals surface area (Å²) in [4.78, 5) is 10.7. The summed E-state index contributed by atoms with van der Waals surface area (Å²) in [6, 6.07) is 10.3. The van der Waals surface area contributed by atoms with E-state index in [1.807, 2.05) is 25.2 Å². The standard InChI is InChI=1S/C17H21ClN4O/c1-19-15-16(18)20-12-21-17(15)22-8-7-14(9-22)11-23-10-13-5-3-2-4-6-13/h2-6,12,14,19H,7-11H2,1H3. The Bertz CT molecular complexity index is 638. The third-order valence-electron chi connectivity index (χ3n) is 4.08. The van der Waals surface area contributed by atoms with Gasteiger partial charge < -0.3 is 15.0 Å². The number of anilines is 2. The molecule has 1 aliphatic heterocycles. The molecule has 6 heteroatoms. The van der Waals surface area contributed by atoms with E-state index >= 15 is 0 Å². The van der Waals surface area contributed by atoms with Gasteiger partial charge in [0.1, 0.15) is 12.0 Å². The molecule has 0 aliphatic carbocycles. The molecule has 0 amide bonds. The summed E-state index contributed by atoms with van der Waals surface area (Å²) in [7, 11) is 1.84. The quantitative estimate of drug-likeness (QED) is 0.823. The summed E-state index contributed by atoms with van der Waals surface area (Å²) in [5, 5.41) is 3.55. The van der Waals surface area contributed by atoms with Crippen molar-refractivity contribution in [3.63, 3.8) is 0 Å². The SMILES string of the molecule is CNc1c(Cl)ncnc1N1CCC(COCc2ccccc2)C1. The van der Waals surface area contributed by atoms with Crippen LogP contribution in [-0.4, -0.2) is 36.7 Å². The number of halogens is 1. The van der Waals surface area contributed by atoms with E-state index in [2.05, 4.69) is 32.3 Å². The van der Waals surface area contributed by atoms with Crippen LogP contribution in [-0.2, 0) is 11.3 Å². The fourth-order valence-corrected chi connectivity index (χ4v) is 3.11. The van der Waals surface area contributed by atoms with E-state index < -0.39 is 0 Å². The van der Waals surface area contributed by atoms with Gasteiger partial charge in [0.25, 0.3) is 0 Å². The van der Waals surface area contributed by atoms with Crippen LogP contribution in [0.1, 0.15) is 12.0 Å². The molecule has 1 aliphatic rings. The van der Waals surface area contributed by atoms with Crippen molar-refractivity contribution in [1.29, 1.82) is 0 Å². The van der Waals surface area contributed by atoms with Crippen molar-refractivity contribution < 1.29 is 4.74 Å². The van der Waals surface area contributed by atoms with Gasteiger partial charge in [0, 0.05) is 26.1 Å². The fraction of sp³-hybridized carbons (Fsp3) is 0.412. The summed E-state index contributed by atoms with van der Waals surface area (Å²) in [6.45, 7) is 3.32. The third kappa shape index (κ3) is 3.92. The Labute approximate surface area is 141 Å². The lowest BCUT2D eigenvalue weighted by atomic mass is 10.1. The summed E-state index contributed by atoms with van der Waals surface area (Å²) in [6.07, 6.45) is 2.61. The van der Waals surface area contributed by atoms with Gasteiger partial charge in [-0.1, -0.05) is 41.9 Å². The van der Waals surface area contributed by atoms with Gasteiger partial charge in [-0.05, 0) is 12.0 Å². The van der Waals surface area contributed by atoms with Crippen LogP contribution in [0, 0.1) is 5.92 Å². The van der Waals surface area contributed by atoms with Crippen LogP contribution in [0.2, 0.25) is 5.15 Å². The Kier molecular flexibility index (Phi) is 5.31. The van der Waals surface area contributed by atoms with Crippen molar-refractivity contribution in [2.45, 2.75) is 13.0 Å². The number of aromatic nitrogens is 2. The van der Waals surface area contributed by atoms with Gasteiger partial charge in [-0.15, -0.1) is 0 Å². The van der Waals surface area contributed by atoms with E-state index in [-0.39, 0.29) is 0 Å². The van der Waals surface area contributed by atoms with Crippen molar-refractivity contribution in [2.75, 3.05) is 37.0 Å². The van der Waals surface area contributed by atoms with E-state index in [0.29, 0.717) is 17.7 Å². The highest BCUT2D eigenvalue weighted by molar-refractivity contribution is 6.32. The molecule has 23 heavy (non-hydrogen) atoms. The number of nitrogens with one attached hydrogen (secondary N) is 1. The number of ether oxygens (including phenoxy) is 1. The van der Waals surface area contributed by atoms with Gasteiger partial charge in [-0.3, -0.25) is 0 Å². The lowest BCUT2D eigenvalue weighted by molar-refractivity contribution is 0.0929. The summed E-state index contributed by atoms with van der Waals surface area (Å²) >= 11 is 6.13. The molecule has 0 saturated carbocycles. The van der Waals surface area contributed by atoms with Crippen molar-refractivity contribution in [1.82, 2.24) is 9.97 Å². The molecular weight excluding hydrogens is 312 g/mol. The van der Waals surface area contributed by atoms with Crippen LogP contribution in [0.25, 0.3) is 0 Å². The zero-order valence-electron chi connectivity index (χ0n) is 13.2. The summed E-state index contributed by atoms with van der Waals surface area (Å²) in [5.41, 5.74) is 2.00. The van der Waals surface area contributed by atoms with E-state index in [9.17, 15) is 0 Å². The monoisotopic (exact) mass is 332 g/mol.